The monoisotopic (exact) mass is 336 g/mol. The van der Waals surface area contributed by atoms with E-state index in [1.807, 2.05) is 12.1 Å². The van der Waals surface area contributed by atoms with E-state index in [1.165, 1.54) is 16.5 Å². The van der Waals surface area contributed by atoms with Gasteiger partial charge in [0.1, 0.15) is 0 Å². The van der Waals surface area contributed by atoms with E-state index in [1.54, 1.807) is 11.3 Å². The second kappa shape index (κ2) is 5.04. The topological polar surface area (TPSA) is 0 Å². The molecule has 18 heavy (non-hydrogen) atoms. The second-order valence-electron chi connectivity index (χ2n) is 4.10. The standard InChI is InChI=1S/C15H10BrClS/c16-15(10-7-8-18-9-10)13-5-6-14(17)12-4-2-1-3-11(12)13/h1-9,15H. The molecule has 0 aliphatic rings. The number of alkyl halides is 1. The quantitative estimate of drug-likeness (QED) is 0.500. The third-order valence-corrected chi connectivity index (χ3v) is 5.07. The zero-order valence-corrected chi connectivity index (χ0v) is 12.6. The molecule has 0 radical (unpaired) electrons. The van der Waals surface area contributed by atoms with Crippen LogP contribution < -0.4 is 0 Å². The Labute approximate surface area is 123 Å². The van der Waals surface area contributed by atoms with Gasteiger partial charge >= 0.3 is 0 Å². The molecule has 1 heterocycles. The first-order valence-corrected chi connectivity index (χ1v) is 7.84. The number of hydrogen-bond acceptors (Lipinski definition) is 1. The summed E-state index contributed by atoms with van der Waals surface area (Å²) >= 11 is 11.7. The molecule has 0 nitrogen and oxygen atoms in total. The molecule has 3 heteroatoms. The van der Waals surface area contributed by atoms with Crippen molar-refractivity contribution in [3.63, 3.8) is 0 Å². The van der Waals surface area contributed by atoms with Gasteiger partial charge in [-0.1, -0.05) is 57.9 Å². The van der Waals surface area contributed by atoms with E-state index in [2.05, 4.69) is 57.0 Å². The average molecular weight is 338 g/mol. The van der Waals surface area contributed by atoms with Crippen molar-refractivity contribution in [1.82, 2.24) is 0 Å². The van der Waals surface area contributed by atoms with Gasteiger partial charge in [-0.05, 0) is 39.4 Å². The van der Waals surface area contributed by atoms with Gasteiger partial charge in [-0.2, -0.15) is 11.3 Å². The van der Waals surface area contributed by atoms with Crippen LogP contribution in [0.1, 0.15) is 16.0 Å². The van der Waals surface area contributed by atoms with Crippen molar-refractivity contribution in [2.24, 2.45) is 0 Å². The highest BCUT2D eigenvalue weighted by Crippen LogP contribution is 2.38. The van der Waals surface area contributed by atoms with Crippen molar-refractivity contribution in [3.05, 3.63) is 69.4 Å². The van der Waals surface area contributed by atoms with Crippen LogP contribution in [0.25, 0.3) is 10.8 Å². The predicted molar refractivity (Wildman–Crippen MR) is 84.0 cm³/mol. The van der Waals surface area contributed by atoms with Crippen LogP contribution in [0, 0.1) is 0 Å². The zero-order chi connectivity index (χ0) is 12.5. The maximum Gasteiger partial charge on any atom is 0.0658 e. The van der Waals surface area contributed by atoms with Crippen LogP contribution in [0.3, 0.4) is 0 Å². The Kier molecular flexibility index (Phi) is 3.42. The zero-order valence-electron chi connectivity index (χ0n) is 9.44. The molecule has 0 amide bonds. The van der Waals surface area contributed by atoms with E-state index < -0.39 is 0 Å². The minimum Gasteiger partial charge on any atom is -0.152 e. The Morgan fingerprint density at radius 1 is 1.00 bits per heavy atom. The van der Waals surface area contributed by atoms with Gasteiger partial charge in [-0.15, -0.1) is 0 Å². The molecule has 3 rings (SSSR count). The Morgan fingerprint density at radius 3 is 2.50 bits per heavy atom. The predicted octanol–water partition coefficient (Wildman–Crippen LogP) is 6.04. The van der Waals surface area contributed by atoms with E-state index in [0.717, 1.165) is 10.4 Å². The number of fused-ring (bicyclic) bond motifs is 1. The SMILES string of the molecule is Clc1ccc(C(Br)c2ccsc2)c2ccccc12. The molecule has 1 atom stereocenters. The maximum absolute atomic E-state index is 6.25. The minimum atomic E-state index is 0.214. The molecule has 3 aromatic rings. The smallest absolute Gasteiger partial charge is 0.0658 e. The van der Waals surface area contributed by atoms with Gasteiger partial charge in [-0.25, -0.2) is 0 Å². The molecule has 0 spiro atoms. The molecule has 0 fully saturated rings. The Balaban J connectivity index is 2.21. The van der Waals surface area contributed by atoms with Gasteiger partial charge in [0.2, 0.25) is 0 Å². The van der Waals surface area contributed by atoms with Gasteiger partial charge in [0.05, 0.1) is 4.83 Å². The second-order valence-corrected chi connectivity index (χ2v) is 6.20. The summed E-state index contributed by atoms with van der Waals surface area (Å²) in [5.74, 6) is 0. The lowest BCUT2D eigenvalue weighted by molar-refractivity contribution is 1.22. The van der Waals surface area contributed by atoms with E-state index in [9.17, 15) is 0 Å². The average Bonchev–Trinajstić information content (AvgIpc) is 2.93. The maximum atomic E-state index is 6.25. The number of halogens is 2. The lowest BCUT2D eigenvalue weighted by Crippen LogP contribution is -1.92. The lowest BCUT2D eigenvalue weighted by atomic mass is 10.00. The molecule has 1 unspecified atom stereocenters. The molecule has 2 aromatic carbocycles. The molecule has 0 aliphatic carbocycles. The number of thiophene rings is 1. The molecule has 0 aliphatic heterocycles. The summed E-state index contributed by atoms with van der Waals surface area (Å²) in [5.41, 5.74) is 2.54. The number of rotatable bonds is 2. The summed E-state index contributed by atoms with van der Waals surface area (Å²) in [6, 6.07) is 14.5. The summed E-state index contributed by atoms with van der Waals surface area (Å²) in [6.07, 6.45) is 0. The van der Waals surface area contributed by atoms with E-state index in [0.29, 0.717) is 0 Å². The highest BCUT2D eigenvalue weighted by molar-refractivity contribution is 9.09. The Bertz CT molecular complexity index is 676. The molecular weight excluding hydrogens is 328 g/mol. The lowest BCUT2D eigenvalue weighted by Gasteiger charge is -2.13. The van der Waals surface area contributed by atoms with E-state index in [-0.39, 0.29) is 4.83 Å². The molecule has 0 N–H and O–H groups in total. The third kappa shape index (κ3) is 2.09. The van der Waals surface area contributed by atoms with Crippen molar-refractivity contribution in [2.75, 3.05) is 0 Å². The van der Waals surface area contributed by atoms with Crippen LogP contribution >= 0.6 is 38.9 Å². The van der Waals surface area contributed by atoms with Crippen LogP contribution in [0.2, 0.25) is 5.02 Å². The first kappa shape index (κ1) is 12.2. The Morgan fingerprint density at radius 2 is 1.78 bits per heavy atom. The van der Waals surface area contributed by atoms with Gasteiger partial charge in [0.25, 0.3) is 0 Å². The summed E-state index contributed by atoms with van der Waals surface area (Å²) < 4.78 is 0. The number of benzene rings is 2. The summed E-state index contributed by atoms with van der Waals surface area (Å²) in [7, 11) is 0. The van der Waals surface area contributed by atoms with Crippen molar-refractivity contribution in [1.29, 1.82) is 0 Å². The molecule has 90 valence electrons. The van der Waals surface area contributed by atoms with Crippen molar-refractivity contribution in [3.8, 4) is 0 Å². The van der Waals surface area contributed by atoms with Gasteiger partial charge < -0.3 is 0 Å². The first-order chi connectivity index (χ1) is 8.77. The van der Waals surface area contributed by atoms with Crippen molar-refractivity contribution in [2.45, 2.75) is 4.83 Å². The highest BCUT2D eigenvalue weighted by atomic mass is 79.9. The van der Waals surface area contributed by atoms with Gasteiger partial charge in [0.15, 0.2) is 0 Å². The van der Waals surface area contributed by atoms with E-state index >= 15 is 0 Å². The fourth-order valence-corrected chi connectivity index (χ4v) is 3.88. The summed E-state index contributed by atoms with van der Waals surface area (Å²) in [6.45, 7) is 0. The molecule has 0 saturated carbocycles. The summed E-state index contributed by atoms with van der Waals surface area (Å²) in [4.78, 5) is 0.214. The fourth-order valence-electron chi connectivity index (χ4n) is 2.11. The minimum absolute atomic E-state index is 0.214. The van der Waals surface area contributed by atoms with Gasteiger partial charge in [0, 0.05) is 10.4 Å². The van der Waals surface area contributed by atoms with Crippen LogP contribution in [-0.4, -0.2) is 0 Å². The third-order valence-electron chi connectivity index (χ3n) is 3.01. The van der Waals surface area contributed by atoms with Crippen LogP contribution in [0.4, 0.5) is 0 Å². The normalized spacial score (nSPS) is 12.8. The first-order valence-electron chi connectivity index (χ1n) is 5.60. The van der Waals surface area contributed by atoms with Crippen molar-refractivity contribution < 1.29 is 0 Å². The summed E-state index contributed by atoms with van der Waals surface area (Å²) in [5, 5.41) is 7.39. The highest BCUT2D eigenvalue weighted by Gasteiger charge is 2.14. The largest absolute Gasteiger partial charge is 0.152 e. The van der Waals surface area contributed by atoms with E-state index in [4.69, 9.17) is 11.6 Å². The van der Waals surface area contributed by atoms with Crippen LogP contribution in [-0.2, 0) is 0 Å². The van der Waals surface area contributed by atoms with Crippen molar-refractivity contribution >= 4 is 49.6 Å². The Hall–Kier alpha value is -0.830. The fraction of sp³-hybridized carbons (Fsp3) is 0.0667. The number of hydrogen-bond donors (Lipinski definition) is 0. The molecule has 0 bridgehead atoms. The molecule has 1 aromatic heterocycles. The van der Waals surface area contributed by atoms with Crippen LogP contribution in [0.15, 0.2) is 53.2 Å². The van der Waals surface area contributed by atoms with Crippen LogP contribution in [0.5, 0.6) is 0 Å². The van der Waals surface area contributed by atoms with Gasteiger partial charge in [-0.3, -0.25) is 0 Å². The molecule has 0 saturated heterocycles. The molecular formula is C15H10BrClS.